The van der Waals surface area contributed by atoms with E-state index in [0.717, 1.165) is 29.8 Å². The second-order valence-corrected chi connectivity index (χ2v) is 75.5. The van der Waals surface area contributed by atoms with E-state index in [9.17, 15) is 26.3 Å². The van der Waals surface area contributed by atoms with Gasteiger partial charge >= 0.3 is 412 Å². The molecule has 0 N–H and O–H groups in total. The van der Waals surface area contributed by atoms with Crippen LogP contribution in [0, 0.1) is 22.7 Å². The Kier molecular flexibility index (Phi) is 39.8. The fourth-order valence-corrected chi connectivity index (χ4v) is 35.8. The molecule has 366 valence electrons. The van der Waals surface area contributed by atoms with Crippen LogP contribution >= 0.6 is 0 Å². The molecule has 64 heavy (non-hydrogen) atoms. The normalized spacial score (nSPS) is 11.9. The van der Waals surface area contributed by atoms with Crippen LogP contribution in [0.1, 0.15) is 50.7 Å². The first-order chi connectivity index (χ1) is 29.7. The van der Waals surface area contributed by atoms with Crippen molar-refractivity contribution in [1.82, 2.24) is 0 Å². The molecule has 0 saturated carbocycles. The molecule has 0 aromatic heterocycles. The molecule has 2 rings (SSSR count). The number of nitrogens with zero attached hydrogens (tertiary/aromatic N) is 2. The van der Waals surface area contributed by atoms with Crippen LogP contribution in [-0.4, -0.2) is 142 Å². The van der Waals surface area contributed by atoms with Gasteiger partial charge in [-0.3, -0.25) is 0 Å². The Balaban J connectivity index is -0.000000743. The molecule has 0 fully saturated rings. The minimum atomic E-state index is -4.58. The summed E-state index contributed by atoms with van der Waals surface area (Å²) in [6.07, 6.45) is 0.169. The molecule has 2 aromatic rings. The van der Waals surface area contributed by atoms with E-state index in [1.807, 2.05) is 38.4 Å². The third-order valence-electron chi connectivity index (χ3n) is 10.6. The number of rotatable bonds is 23. The fourth-order valence-electron chi connectivity index (χ4n) is 6.15. The third kappa shape index (κ3) is 37.2. The average molecular weight is 1450 g/mol. The molecular weight excluding hydrogens is 1370 g/mol. The van der Waals surface area contributed by atoms with Crippen LogP contribution in [0.25, 0.3) is 0 Å². The Morgan fingerprint density at radius 3 is 1.06 bits per heavy atom. The van der Waals surface area contributed by atoms with Crippen LogP contribution in [0.15, 0.2) is 86.0 Å². The maximum absolute atomic E-state index is 11.9. The van der Waals surface area contributed by atoms with E-state index in [-0.39, 0.29) is 0 Å². The zero-order chi connectivity index (χ0) is 50.0. The molecule has 18 heteroatoms. The van der Waals surface area contributed by atoms with E-state index in [2.05, 4.69) is 118 Å². The zero-order valence-electron chi connectivity index (χ0n) is 40.9. The molecule has 7 nitrogen and oxygen atoms in total. The number of unbranched alkanes of at least 4 members (excludes halogenated alkanes) is 2. The summed E-state index contributed by atoms with van der Waals surface area (Å²) in [4.78, 5) is 10.0. The summed E-state index contributed by atoms with van der Waals surface area (Å²) >= 11 is -13.8. The molecule has 0 heterocycles. The Morgan fingerprint density at radius 2 is 0.828 bits per heavy atom. The number of hydrogen-bond acceptors (Lipinski definition) is 7. The van der Waals surface area contributed by atoms with Crippen molar-refractivity contribution >= 4 is 94.0 Å². The molecule has 0 aliphatic rings. The number of halogens is 6. The average Bonchev–Trinajstić information content (AvgIpc) is 3.23. The minimum absolute atomic E-state index is 0.471. The van der Waals surface area contributed by atoms with Gasteiger partial charge in [0.15, 0.2) is 0 Å². The van der Waals surface area contributed by atoms with Crippen molar-refractivity contribution in [3.05, 3.63) is 97.1 Å². The van der Waals surface area contributed by atoms with Gasteiger partial charge in [0, 0.05) is 0 Å². The summed E-state index contributed by atoms with van der Waals surface area (Å²) in [6, 6.07) is 25.5. The van der Waals surface area contributed by atoms with Crippen LogP contribution in [0.3, 0.4) is 0 Å². The number of hydrogen-bond donors (Lipinski definition) is 0. The van der Waals surface area contributed by atoms with Crippen molar-refractivity contribution in [2.45, 2.75) is 121 Å². The molecule has 0 unspecified atom stereocenters. The summed E-state index contributed by atoms with van der Waals surface area (Å²) in [6.45, 7) is 12.0. The molecule has 0 bridgehead atoms. The topological polar surface area (TPSA) is 93.7 Å². The Hall–Kier alpha value is 0.274. The van der Waals surface area contributed by atoms with E-state index in [1.54, 1.807) is 7.11 Å². The SMILES string of the molecule is C=C[CH2][Sn]([CH3])([CH2]C=C)[O]C.CCC[CH2][Sn]([CH3])([CH2]CCC)[O]C.C[O][Sn]([CH3])([CH2]C#N)[CH2]C#N.C[O][Sn]([CH3])([CH2]C(F)(F)F)[CH2]C(F)(F)F.C[O][Sn]([CH3])([CH2]c1ccccc1)[CH2]c1ccccc1. The molecule has 0 aliphatic heterocycles. The number of alkyl halides is 6. The summed E-state index contributed by atoms with van der Waals surface area (Å²) in [7, 11) is 8.16. The van der Waals surface area contributed by atoms with Crippen molar-refractivity contribution in [1.29, 1.82) is 10.5 Å². The van der Waals surface area contributed by atoms with Gasteiger partial charge in [-0.1, -0.05) is 0 Å². The van der Waals surface area contributed by atoms with Crippen molar-refractivity contribution in [3.63, 3.8) is 0 Å². The number of nitriles is 2. The second-order valence-electron chi connectivity index (χ2n) is 17.0. The maximum atomic E-state index is 11.9. The van der Waals surface area contributed by atoms with Gasteiger partial charge in [-0.2, -0.15) is 0 Å². The zero-order valence-corrected chi connectivity index (χ0v) is 55.2. The van der Waals surface area contributed by atoms with Crippen molar-refractivity contribution < 1.29 is 41.7 Å². The Bertz CT molecular complexity index is 1490. The van der Waals surface area contributed by atoms with E-state index in [4.69, 9.17) is 22.8 Å². The third-order valence-corrected chi connectivity index (χ3v) is 57.7. The van der Waals surface area contributed by atoms with Crippen molar-refractivity contribution in [3.8, 4) is 12.1 Å². The van der Waals surface area contributed by atoms with Gasteiger partial charge in [0.1, 0.15) is 0 Å². The molecule has 0 spiro atoms. The number of benzene rings is 2. The van der Waals surface area contributed by atoms with Gasteiger partial charge < -0.3 is 0 Å². The Morgan fingerprint density at radius 1 is 0.516 bits per heavy atom. The summed E-state index contributed by atoms with van der Waals surface area (Å²) in [5.74, 6) is 0. The van der Waals surface area contributed by atoms with Crippen LogP contribution in [0.4, 0.5) is 26.3 Å². The standard InChI is InChI=1S/2C7H7.2C4H9.2C3H5.2C2H2F3.2C2H2N.5CH3O.5CH3.5Sn/c2*1-7-5-3-2-4-6-7;2*1-3-4-2;2*1-3-2;2*1-2(3,4)5;2*1-2-3;5*1-2;;;;;;;;;;/h2*2-6H,1H2;2*1,3-4H2,2H3;2*3H,1-2H2;2*1H2;2*1H2;5*1H3;5*1H3;;;;;/q;;;;;;;;;;5*-1;;;;;;5*+1. The second kappa shape index (κ2) is 37.1. The molecule has 0 saturated heterocycles. The van der Waals surface area contributed by atoms with Crippen LogP contribution < -0.4 is 0 Å². The summed E-state index contributed by atoms with van der Waals surface area (Å²) < 4.78 is 104. The van der Waals surface area contributed by atoms with E-state index in [0.29, 0.717) is 8.87 Å². The Labute approximate surface area is 407 Å². The molecule has 2 aromatic carbocycles. The van der Waals surface area contributed by atoms with E-state index in [1.165, 1.54) is 45.7 Å². The van der Waals surface area contributed by atoms with Crippen LogP contribution in [0.5, 0.6) is 0 Å². The van der Waals surface area contributed by atoms with E-state index < -0.39 is 115 Å². The predicted molar refractivity (Wildman–Crippen MR) is 265 cm³/mol. The quantitative estimate of drug-likeness (QED) is 0.0621. The van der Waals surface area contributed by atoms with Crippen LogP contribution in [-0.2, 0) is 24.2 Å². The van der Waals surface area contributed by atoms with Gasteiger partial charge in [-0.05, 0) is 0 Å². The monoisotopic (exact) mass is 1450 g/mol. The van der Waals surface area contributed by atoms with Crippen LogP contribution in [0.2, 0.25) is 60.2 Å². The first-order valence-corrected chi connectivity index (χ1v) is 61.9. The van der Waals surface area contributed by atoms with Gasteiger partial charge in [-0.25, -0.2) is 0 Å². The molecule has 0 amide bonds. The first kappa shape index (κ1) is 68.5. The summed E-state index contributed by atoms with van der Waals surface area (Å²) in [5.41, 5.74) is 2.82. The van der Waals surface area contributed by atoms with Gasteiger partial charge in [0.2, 0.25) is 0 Å². The van der Waals surface area contributed by atoms with Crippen molar-refractivity contribution in [2.24, 2.45) is 0 Å². The predicted octanol–water partition coefficient (Wildman–Crippen LogP) is 14.7. The molecule has 0 aliphatic carbocycles. The van der Waals surface area contributed by atoms with E-state index >= 15 is 0 Å². The first-order valence-electron chi connectivity index (χ1n) is 21.7. The number of allylic oxidation sites excluding steroid dienone is 2. The van der Waals surface area contributed by atoms with Gasteiger partial charge in [0.05, 0.1) is 0 Å². The van der Waals surface area contributed by atoms with Crippen molar-refractivity contribution in [2.75, 3.05) is 35.5 Å². The summed E-state index contributed by atoms with van der Waals surface area (Å²) in [5, 5.41) is 16.7. The molecular formula is C46H80F6N2O5Sn5. The molecule has 0 radical (unpaired) electrons. The fraction of sp³-hybridized carbons (Fsp3) is 0.609. The van der Waals surface area contributed by atoms with Gasteiger partial charge in [-0.15, -0.1) is 0 Å². The molecule has 0 atom stereocenters. The van der Waals surface area contributed by atoms with Gasteiger partial charge in [0.25, 0.3) is 0 Å².